The van der Waals surface area contributed by atoms with Crippen molar-refractivity contribution in [1.29, 1.82) is 0 Å². The number of carbonyl (C=O) groups is 4. The molecule has 0 fully saturated rings. The second kappa shape index (κ2) is 13.8. The standard InChI is InChI=1S/C17H26N2O8/c20-14(3-1-2-7-19-15(21)4-5-16(19)22)18-6-8-25-9-10-26-11-12-27-13-17(23)24/h4-5H,1-3,6-13H2,(H,18,20)(H,23,24). The zero-order chi connectivity index (χ0) is 19.9. The summed E-state index contributed by atoms with van der Waals surface area (Å²) in [4.78, 5) is 45.7. The van der Waals surface area contributed by atoms with Gasteiger partial charge in [0.15, 0.2) is 0 Å². The van der Waals surface area contributed by atoms with Gasteiger partial charge in [0.25, 0.3) is 11.8 Å². The fourth-order valence-electron chi connectivity index (χ4n) is 2.16. The van der Waals surface area contributed by atoms with Crippen LogP contribution in [-0.4, -0.2) is 86.4 Å². The molecule has 0 saturated heterocycles. The van der Waals surface area contributed by atoms with Gasteiger partial charge in [0, 0.05) is 31.7 Å². The number of amides is 3. The van der Waals surface area contributed by atoms with Crippen molar-refractivity contribution in [2.24, 2.45) is 0 Å². The van der Waals surface area contributed by atoms with Gasteiger partial charge in [-0.2, -0.15) is 0 Å². The number of aliphatic carboxylic acids is 1. The number of ether oxygens (including phenoxy) is 3. The molecular weight excluding hydrogens is 360 g/mol. The topological polar surface area (TPSA) is 131 Å². The van der Waals surface area contributed by atoms with Crippen LogP contribution in [-0.2, 0) is 33.4 Å². The smallest absolute Gasteiger partial charge is 0.329 e. The highest BCUT2D eigenvalue weighted by molar-refractivity contribution is 6.12. The van der Waals surface area contributed by atoms with Crippen LogP contribution in [0.3, 0.4) is 0 Å². The number of rotatable bonds is 16. The van der Waals surface area contributed by atoms with E-state index < -0.39 is 5.97 Å². The van der Waals surface area contributed by atoms with Crippen LogP contribution in [0, 0.1) is 0 Å². The molecule has 0 aromatic rings. The van der Waals surface area contributed by atoms with Crippen molar-refractivity contribution >= 4 is 23.7 Å². The highest BCUT2D eigenvalue weighted by Crippen LogP contribution is 2.06. The fourth-order valence-corrected chi connectivity index (χ4v) is 2.16. The lowest BCUT2D eigenvalue weighted by atomic mass is 10.2. The van der Waals surface area contributed by atoms with Crippen LogP contribution < -0.4 is 5.32 Å². The molecule has 0 radical (unpaired) electrons. The third kappa shape index (κ3) is 11.1. The monoisotopic (exact) mass is 386 g/mol. The average molecular weight is 386 g/mol. The molecule has 0 atom stereocenters. The first kappa shape index (κ1) is 22.7. The van der Waals surface area contributed by atoms with Gasteiger partial charge in [-0.3, -0.25) is 19.3 Å². The van der Waals surface area contributed by atoms with Crippen LogP contribution in [0.5, 0.6) is 0 Å². The lowest BCUT2D eigenvalue weighted by Gasteiger charge is -2.13. The lowest BCUT2D eigenvalue weighted by Crippen LogP contribution is -2.31. The minimum absolute atomic E-state index is 0.109. The maximum atomic E-state index is 11.6. The number of unbranched alkanes of at least 4 members (excludes halogenated alkanes) is 1. The van der Waals surface area contributed by atoms with E-state index in [2.05, 4.69) is 5.32 Å². The summed E-state index contributed by atoms with van der Waals surface area (Å²) in [5.74, 6) is -1.74. The SMILES string of the molecule is O=C(O)COCCOCCOCCNC(=O)CCCCN1C(=O)C=CC1=O. The van der Waals surface area contributed by atoms with E-state index in [9.17, 15) is 19.2 Å². The van der Waals surface area contributed by atoms with Crippen molar-refractivity contribution in [2.75, 3.05) is 52.7 Å². The van der Waals surface area contributed by atoms with Crippen LogP contribution >= 0.6 is 0 Å². The molecule has 0 aromatic carbocycles. The predicted octanol–water partition coefficient (Wildman–Crippen LogP) is -0.668. The van der Waals surface area contributed by atoms with E-state index in [0.29, 0.717) is 52.2 Å². The van der Waals surface area contributed by atoms with Gasteiger partial charge in [-0.25, -0.2) is 4.79 Å². The van der Waals surface area contributed by atoms with E-state index in [1.54, 1.807) is 0 Å². The maximum Gasteiger partial charge on any atom is 0.329 e. The Morgan fingerprint density at radius 3 is 2.15 bits per heavy atom. The molecule has 27 heavy (non-hydrogen) atoms. The lowest BCUT2D eigenvalue weighted by molar-refractivity contribution is -0.143. The number of carboxylic acid groups (broad SMARTS) is 1. The zero-order valence-corrected chi connectivity index (χ0v) is 15.2. The minimum Gasteiger partial charge on any atom is -0.480 e. The Balaban J connectivity index is 1.84. The van der Waals surface area contributed by atoms with Gasteiger partial charge in [-0.1, -0.05) is 0 Å². The van der Waals surface area contributed by atoms with Gasteiger partial charge in [-0.15, -0.1) is 0 Å². The first-order valence-corrected chi connectivity index (χ1v) is 8.76. The van der Waals surface area contributed by atoms with Gasteiger partial charge in [0.2, 0.25) is 5.91 Å². The quantitative estimate of drug-likeness (QED) is 0.264. The molecule has 0 bridgehead atoms. The molecule has 1 rings (SSSR count). The number of carboxylic acids is 1. The third-order valence-electron chi connectivity index (χ3n) is 3.47. The molecular formula is C17H26N2O8. The van der Waals surface area contributed by atoms with Crippen LogP contribution in [0.1, 0.15) is 19.3 Å². The highest BCUT2D eigenvalue weighted by Gasteiger charge is 2.22. The summed E-state index contributed by atoms with van der Waals surface area (Å²) in [6.45, 7) is 1.93. The molecule has 0 saturated carbocycles. The van der Waals surface area contributed by atoms with Crippen LogP contribution in [0.25, 0.3) is 0 Å². The molecule has 152 valence electrons. The van der Waals surface area contributed by atoms with Crippen molar-refractivity contribution in [3.05, 3.63) is 12.2 Å². The number of carbonyl (C=O) groups excluding carboxylic acids is 3. The van der Waals surface area contributed by atoms with Crippen molar-refractivity contribution in [3.63, 3.8) is 0 Å². The summed E-state index contributed by atoms with van der Waals surface area (Å²) >= 11 is 0. The zero-order valence-electron chi connectivity index (χ0n) is 15.2. The Hall–Kier alpha value is -2.30. The number of nitrogens with one attached hydrogen (secondary N) is 1. The first-order chi connectivity index (χ1) is 13.0. The Morgan fingerprint density at radius 2 is 1.52 bits per heavy atom. The molecule has 0 spiro atoms. The van der Waals surface area contributed by atoms with Gasteiger partial charge in [0.1, 0.15) is 6.61 Å². The number of imide groups is 1. The van der Waals surface area contributed by atoms with E-state index in [4.69, 9.17) is 19.3 Å². The average Bonchev–Trinajstić information content (AvgIpc) is 2.94. The largest absolute Gasteiger partial charge is 0.480 e. The molecule has 1 heterocycles. The normalized spacial score (nSPS) is 13.4. The molecule has 1 aliphatic heterocycles. The van der Waals surface area contributed by atoms with Crippen LogP contribution in [0.2, 0.25) is 0 Å². The van der Waals surface area contributed by atoms with Crippen LogP contribution in [0.4, 0.5) is 0 Å². The Morgan fingerprint density at radius 1 is 0.926 bits per heavy atom. The summed E-state index contributed by atoms with van der Waals surface area (Å²) in [5.41, 5.74) is 0. The van der Waals surface area contributed by atoms with E-state index in [1.165, 1.54) is 12.2 Å². The Labute approximate surface area is 157 Å². The molecule has 2 N–H and O–H groups in total. The van der Waals surface area contributed by atoms with Gasteiger partial charge >= 0.3 is 5.97 Å². The molecule has 0 aromatic heterocycles. The first-order valence-electron chi connectivity index (χ1n) is 8.76. The van der Waals surface area contributed by atoms with Crippen molar-refractivity contribution in [1.82, 2.24) is 10.2 Å². The van der Waals surface area contributed by atoms with E-state index >= 15 is 0 Å². The fraction of sp³-hybridized carbons (Fsp3) is 0.647. The molecule has 10 heteroatoms. The van der Waals surface area contributed by atoms with Gasteiger partial charge in [0.05, 0.1) is 33.0 Å². The highest BCUT2D eigenvalue weighted by atomic mass is 16.5. The molecule has 10 nitrogen and oxygen atoms in total. The van der Waals surface area contributed by atoms with Crippen LogP contribution in [0.15, 0.2) is 12.2 Å². The Bertz CT molecular complexity index is 517. The second-order valence-electron chi connectivity index (χ2n) is 5.64. The number of hydrogen-bond acceptors (Lipinski definition) is 7. The summed E-state index contributed by atoms with van der Waals surface area (Å²) < 4.78 is 15.3. The van der Waals surface area contributed by atoms with Crippen molar-refractivity contribution < 1.29 is 38.5 Å². The third-order valence-corrected chi connectivity index (χ3v) is 3.47. The summed E-state index contributed by atoms with van der Waals surface area (Å²) in [6, 6.07) is 0. The van der Waals surface area contributed by atoms with Gasteiger partial charge < -0.3 is 24.6 Å². The second-order valence-corrected chi connectivity index (χ2v) is 5.64. The van der Waals surface area contributed by atoms with E-state index in [0.717, 1.165) is 4.90 Å². The van der Waals surface area contributed by atoms with Crippen molar-refractivity contribution in [2.45, 2.75) is 19.3 Å². The van der Waals surface area contributed by atoms with E-state index in [1.807, 2.05) is 0 Å². The van der Waals surface area contributed by atoms with Gasteiger partial charge in [-0.05, 0) is 12.8 Å². The summed E-state index contributed by atoms with van der Waals surface area (Å²) in [6.07, 6.45) is 3.97. The summed E-state index contributed by atoms with van der Waals surface area (Å²) in [5, 5.41) is 11.1. The van der Waals surface area contributed by atoms with E-state index in [-0.39, 0.29) is 37.5 Å². The number of nitrogens with zero attached hydrogens (tertiary/aromatic N) is 1. The number of hydrogen-bond donors (Lipinski definition) is 2. The Kier molecular flexibility index (Phi) is 11.7. The molecule has 0 aliphatic carbocycles. The molecule has 3 amide bonds. The molecule has 0 unspecified atom stereocenters. The van der Waals surface area contributed by atoms with Crippen molar-refractivity contribution in [3.8, 4) is 0 Å². The predicted molar refractivity (Wildman–Crippen MR) is 92.8 cm³/mol. The minimum atomic E-state index is -1.02. The maximum absolute atomic E-state index is 11.6. The molecule has 1 aliphatic rings. The summed E-state index contributed by atoms with van der Waals surface area (Å²) in [7, 11) is 0.